The molecule has 0 spiro atoms. The number of hydrazine groups is 2. The van der Waals surface area contributed by atoms with Crippen molar-refractivity contribution in [2.45, 2.75) is 25.4 Å². The summed E-state index contributed by atoms with van der Waals surface area (Å²) in [4.78, 5) is 8.47. The molecular formula is C24H25N7S. The maximum atomic E-state index is 4.77. The minimum atomic E-state index is 0.307. The molecule has 32 heavy (non-hydrogen) atoms. The predicted molar refractivity (Wildman–Crippen MR) is 127 cm³/mol. The Bertz CT molecular complexity index is 1190. The highest BCUT2D eigenvalue weighted by Gasteiger charge is 2.22. The maximum Gasteiger partial charge on any atom is 0.185 e. The summed E-state index contributed by atoms with van der Waals surface area (Å²) in [6, 6.07) is 17.7. The predicted octanol–water partition coefficient (Wildman–Crippen LogP) is 3.14. The number of rotatable bonds is 5. The number of nitrogens with one attached hydrogen (secondary N) is 3. The van der Waals surface area contributed by atoms with Gasteiger partial charge in [0.2, 0.25) is 0 Å². The van der Waals surface area contributed by atoms with E-state index in [0.717, 1.165) is 43.3 Å². The van der Waals surface area contributed by atoms with E-state index in [4.69, 9.17) is 4.98 Å². The standard InChI is InChI=1S/C24H25N7S/c1-9-27-31(10-1)21-6-2-17(3-7-21)12-22-14-25-24(32-22)30-11-8-18-4-5-19(13-20(18)16-30)23-15-26-29-28-23/h1-7,9-10,13-14,23,26,28-29H,8,11-12,15-16H2. The van der Waals surface area contributed by atoms with Gasteiger partial charge in [0.25, 0.3) is 0 Å². The van der Waals surface area contributed by atoms with E-state index in [1.807, 2.05) is 23.1 Å². The molecule has 1 saturated heterocycles. The Balaban J connectivity index is 1.15. The third-order valence-corrected chi connectivity index (χ3v) is 7.24. The molecule has 2 aliphatic rings. The summed E-state index contributed by atoms with van der Waals surface area (Å²) in [5, 5.41) is 5.41. The number of nitrogens with zero attached hydrogens (tertiary/aromatic N) is 4. The second-order valence-electron chi connectivity index (χ2n) is 8.31. The monoisotopic (exact) mass is 443 g/mol. The Morgan fingerprint density at radius 2 is 2.03 bits per heavy atom. The molecule has 0 radical (unpaired) electrons. The topological polar surface area (TPSA) is 70.0 Å². The quantitative estimate of drug-likeness (QED) is 0.440. The van der Waals surface area contributed by atoms with Crippen LogP contribution < -0.4 is 21.3 Å². The second-order valence-corrected chi connectivity index (χ2v) is 9.40. The summed E-state index contributed by atoms with van der Waals surface area (Å²) in [5.41, 5.74) is 16.0. The van der Waals surface area contributed by atoms with Gasteiger partial charge in [0.1, 0.15) is 0 Å². The average Bonchev–Trinajstić information content (AvgIpc) is 3.62. The molecule has 0 saturated carbocycles. The van der Waals surface area contributed by atoms with Crippen molar-refractivity contribution in [1.82, 2.24) is 31.2 Å². The van der Waals surface area contributed by atoms with Crippen LogP contribution in [0.4, 0.5) is 5.13 Å². The highest BCUT2D eigenvalue weighted by Crippen LogP contribution is 2.30. The first-order valence-corrected chi connectivity index (χ1v) is 11.8. The first kappa shape index (κ1) is 19.6. The zero-order chi connectivity index (χ0) is 21.3. The van der Waals surface area contributed by atoms with Crippen molar-refractivity contribution >= 4 is 16.5 Å². The third kappa shape index (κ3) is 3.93. The summed E-state index contributed by atoms with van der Waals surface area (Å²) in [6.45, 7) is 2.83. The van der Waals surface area contributed by atoms with Gasteiger partial charge in [0.05, 0.1) is 11.7 Å². The van der Waals surface area contributed by atoms with E-state index in [0.29, 0.717) is 6.04 Å². The lowest BCUT2D eigenvalue weighted by atomic mass is 9.95. The molecule has 1 atom stereocenters. The molecule has 0 amide bonds. The van der Waals surface area contributed by atoms with Crippen molar-refractivity contribution in [1.29, 1.82) is 0 Å². The summed E-state index contributed by atoms with van der Waals surface area (Å²) >= 11 is 1.81. The lowest BCUT2D eigenvalue weighted by Gasteiger charge is -2.29. The Hall–Kier alpha value is -3.04. The van der Waals surface area contributed by atoms with Gasteiger partial charge in [0, 0.05) is 49.5 Å². The smallest absolute Gasteiger partial charge is 0.185 e. The fraction of sp³-hybridized carbons (Fsp3) is 0.250. The maximum absolute atomic E-state index is 4.77. The minimum Gasteiger partial charge on any atom is -0.343 e. The number of fused-ring (bicyclic) bond motifs is 1. The fourth-order valence-corrected chi connectivity index (χ4v) is 5.38. The molecule has 7 nitrogen and oxygen atoms in total. The first-order chi connectivity index (χ1) is 15.8. The van der Waals surface area contributed by atoms with Crippen LogP contribution in [0.5, 0.6) is 0 Å². The molecule has 0 aliphatic carbocycles. The van der Waals surface area contributed by atoms with E-state index in [2.05, 4.69) is 68.8 Å². The molecule has 4 aromatic rings. The minimum absolute atomic E-state index is 0.307. The van der Waals surface area contributed by atoms with Crippen molar-refractivity contribution in [3.05, 3.63) is 94.3 Å². The van der Waals surface area contributed by atoms with Crippen LogP contribution in [0, 0.1) is 0 Å². The molecule has 8 heteroatoms. The number of aromatic nitrogens is 3. The number of hydrogen-bond acceptors (Lipinski definition) is 7. The molecule has 2 aromatic heterocycles. The molecule has 3 N–H and O–H groups in total. The molecule has 1 fully saturated rings. The Morgan fingerprint density at radius 3 is 2.84 bits per heavy atom. The van der Waals surface area contributed by atoms with Gasteiger partial charge in [-0.3, -0.25) is 0 Å². The van der Waals surface area contributed by atoms with Crippen molar-refractivity contribution in [3.8, 4) is 5.69 Å². The molecule has 2 aliphatic heterocycles. The zero-order valence-corrected chi connectivity index (χ0v) is 18.5. The van der Waals surface area contributed by atoms with Crippen molar-refractivity contribution in [2.24, 2.45) is 0 Å². The van der Waals surface area contributed by atoms with E-state index in [9.17, 15) is 0 Å². The van der Waals surface area contributed by atoms with E-state index >= 15 is 0 Å². The van der Waals surface area contributed by atoms with E-state index in [1.54, 1.807) is 17.5 Å². The number of anilines is 1. The van der Waals surface area contributed by atoms with E-state index in [-0.39, 0.29) is 0 Å². The van der Waals surface area contributed by atoms with Crippen LogP contribution in [0.3, 0.4) is 0 Å². The van der Waals surface area contributed by atoms with Crippen LogP contribution in [0.2, 0.25) is 0 Å². The lowest BCUT2D eigenvalue weighted by molar-refractivity contribution is 0.554. The SMILES string of the molecule is c1cnn(-c2ccc(Cc3cnc(N4CCc5ccc(C6CNNN6)cc5C4)s3)cc2)c1. The molecular weight excluding hydrogens is 418 g/mol. The molecule has 162 valence electrons. The van der Waals surface area contributed by atoms with Gasteiger partial charge in [0.15, 0.2) is 5.13 Å². The summed E-state index contributed by atoms with van der Waals surface area (Å²) in [7, 11) is 0. The third-order valence-electron chi connectivity index (χ3n) is 6.18. The van der Waals surface area contributed by atoms with Crippen molar-refractivity contribution in [2.75, 3.05) is 18.0 Å². The van der Waals surface area contributed by atoms with Gasteiger partial charge < -0.3 is 4.90 Å². The molecule has 1 unspecified atom stereocenters. The summed E-state index contributed by atoms with van der Waals surface area (Å²) in [6.07, 6.45) is 7.76. The first-order valence-electron chi connectivity index (χ1n) is 11.0. The van der Waals surface area contributed by atoms with Gasteiger partial charge >= 0.3 is 0 Å². The normalized spacial score (nSPS) is 18.1. The van der Waals surface area contributed by atoms with Gasteiger partial charge in [-0.2, -0.15) is 10.6 Å². The number of hydrogen-bond donors (Lipinski definition) is 3. The molecule has 0 bridgehead atoms. The Labute approximate surface area is 191 Å². The van der Waals surface area contributed by atoms with Crippen LogP contribution in [0.25, 0.3) is 5.69 Å². The van der Waals surface area contributed by atoms with Gasteiger partial charge in [-0.25, -0.2) is 20.5 Å². The summed E-state index contributed by atoms with van der Waals surface area (Å²) in [5.74, 6) is 0. The highest BCUT2D eigenvalue weighted by atomic mass is 32.1. The van der Waals surface area contributed by atoms with Crippen LogP contribution in [-0.4, -0.2) is 27.9 Å². The van der Waals surface area contributed by atoms with Gasteiger partial charge in [-0.1, -0.05) is 30.3 Å². The van der Waals surface area contributed by atoms with Crippen molar-refractivity contribution in [3.63, 3.8) is 0 Å². The molecule has 4 heterocycles. The Kier molecular flexibility index (Phi) is 5.20. The Morgan fingerprint density at radius 1 is 1.09 bits per heavy atom. The number of benzene rings is 2. The van der Waals surface area contributed by atoms with Crippen LogP contribution in [0.15, 0.2) is 67.1 Å². The van der Waals surface area contributed by atoms with Gasteiger partial charge in [-0.15, -0.1) is 11.3 Å². The van der Waals surface area contributed by atoms with Crippen LogP contribution in [0.1, 0.15) is 33.2 Å². The highest BCUT2D eigenvalue weighted by molar-refractivity contribution is 7.15. The van der Waals surface area contributed by atoms with Crippen molar-refractivity contribution < 1.29 is 0 Å². The second kappa shape index (κ2) is 8.48. The van der Waals surface area contributed by atoms with Crippen LogP contribution >= 0.6 is 11.3 Å². The fourth-order valence-electron chi connectivity index (χ4n) is 4.41. The van der Waals surface area contributed by atoms with Crippen LogP contribution in [-0.2, 0) is 19.4 Å². The average molecular weight is 444 g/mol. The zero-order valence-electron chi connectivity index (χ0n) is 17.7. The largest absolute Gasteiger partial charge is 0.343 e. The van der Waals surface area contributed by atoms with Gasteiger partial charge in [-0.05, 0) is 46.9 Å². The molecule has 2 aromatic carbocycles. The van der Waals surface area contributed by atoms with E-state index < -0.39 is 0 Å². The molecule has 6 rings (SSSR count). The number of thiazole rings is 1. The van der Waals surface area contributed by atoms with E-state index in [1.165, 1.54) is 27.1 Å². The lowest BCUT2D eigenvalue weighted by Crippen LogP contribution is -2.31. The summed E-state index contributed by atoms with van der Waals surface area (Å²) < 4.78 is 1.88.